The summed E-state index contributed by atoms with van der Waals surface area (Å²) in [4.78, 5) is 24.6. The molecule has 0 unspecified atom stereocenters. The Kier molecular flexibility index (Phi) is 5.85. The molecule has 0 atom stereocenters. The largest absolute Gasteiger partial charge is 0.349 e. The molecule has 6 nitrogen and oxygen atoms in total. The van der Waals surface area contributed by atoms with E-state index in [0.29, 0.717) is 16.9 Å². The number of anilines is 2. The van der Waals surface area contributed by atoms with Crippen molar-refractivity contribution in [2.75, 3.05) is 10.6 Å². The Morgan fingerprint density at radius 2 is 1.68 bits per heavy atom. The summed E-state index contributed by atoms with van der Waals surface area (Å²) in [6.45, 7) is 10.6. The maximum absolute atomic E-state index is 12.7. The number of hydrogen-bond acceptors (Lipinski definition) is 2. The van der Waals surface area contributed by atoms with Crippen LogP contribution in [0.1, 0.15) is 42.5 Å². The van der Waals surface area contributed by atoms with E-state index in [2.05, 4.69) is 20.5 Å². The van der Waals surface area contributed by atoms with E-state index in [1.807, 2.05) is 52.8 Å². The number of hydrogen-bond donors (Lipinski definition) is 3. The summed E-state index contributed by atoms with van der Waals surface area (Å²) < 4.78 is 2.09. The van der Waals surface area contributed by atoms with Gasteiger partial charge in [0.15, 0.2) is 0 Å². The summed E-state index contributed by atoms with van der Waals surface area (Å²) in [5, 5.41) is 8.43. The average Bonchev–Trinajstić information content (AvgIpc) is 2.82. The number of benzene rings is 1. The van der Waals surface area contributed by atoms with E-state index >= 15 is 0 Å². The second-order valence-corrected chi connectivity index (χ2v) is 6.28. The molecule has 3 N–H and O–H groups in total. The van der Waals surface area contributed by atoms with E-state index in [4.69, 9.17) is 0 Å². The Hall–Kier alpha value is -2.76. The van der Waals surface area contributed by atoms with Gasteiger partial charge in [-0.15, -0.1) is 0 Å². The van der Waals surface area contributed by atoms with Gasteiger partial charge < -0.3 is 20.5 Å². The summed E-state index contributed by atoms with van der Waals surface area (Å²) >= 11 is 0. The molecule has 0 fully saturated rings. The molecule has 0 radical (unpaired) electrons. The number of nitrogens with one attached hydrogen (secondary N) is 3. The molecule has 0 aliphatic rings. The average molecular weight is 342 g/mol. The van der Waals surface area contributed by atoms with Gasteiger partial charge in [0.1, 0.15) is 0 Å². The summed E-state index contributed by atoms with van der Waals surface area (Å²) in [6, 6.07) is 8.75. The van der Waals surface area contributed by atoms with Crippen LogP contribution in [0, 0.1) is 13.8 Å². The van der Waals surface area contributed by atoms with Crippen molar-refractivity contribution in [3.63, 3.8) is 0 Å². The molecule has 0 saturated carbocycles. The molecule has 0 saturated heterocycles. The normalized spacial score (nSPS) is 10.6. The SMILES string of the molecule is CCn1c(C)cc(C(=O)Nc2ccccc2NC(=O)NC(C)C)c1C. The number of rotatable bonds is 5. The predicted octanol–water partition coefficient (Wildman–Crippen LogP) is 3.91. The van der Waals surface area contributed by atoms with Gasteiger partial charge in [0.25, 0.3) is 5.91 Å². The highest BCUT2D eigenvalue weighted by Crippen LogP contribution is 2.23. The van der Waals surface area contributed by atoms with Crippen molar-refractivity contribution in [1.82, 2.24) is 9.88 Å². The van der Waals surface area contributed by atoms with Gasteiger partial charge in [0.2, 0.25) is 0 Å². The zero-order valence-electron chi connectivity index (χ0n) is 15.4. The molecule has 25 heavy (non-hydrogen) atoms. The second-order valence-electron chi connectivity index (χ2n) is 6.28. The van der Waals surface area contributed by atoms with Gasteiger partial charge in [0, 0.05) is 24.0 Å². The number of para-hydroxylation sites is 2. The molecule has 0 bridgehead atoms. The van der Waals surface area contributed by atoms with Gasteiger partial charge in [-0.05, 0) is 52.8 Å². The van der Waals surface area contributed by atoms with Crippen LogP contribution in [-0.2, 0) is 6.54 Å². The maximum atomic E-state index is 12.7. The smallest absolute Gasteiger partial charge is 0.319 e. The van der Waals surface area contributed by atoms with Crippen molar-refractivity contribution in [2.45, 2.75) is 47.2 Å². The number of aryl methyl sites for hydroxylation is 1. The highest BCUT2D eigenvalue weighted by molar-refractivity contribution is 6.08. The molecular formula is C19H26N4O2. The summed E-state index contributed by atoms with van der Waals surface area (Å²) in [7, 11) is 0. The van der Waals surface area contributed by atoms with Crippen molar-refractivity contribution in [3.05, 3.63) is 47.3 Å². The topological polar surface area (TPSA) is 75.2 Å². The van der Waals surface area contributed by atoms with Crippen LogP contribution in [0.2, 0.25) is 0 Å². The van der Waals surface area contributed by atoms with Gasteiger partial charge in [0.05, 0.1) is 16.9 Å². The first-order chi connectivity index (χ1) is 11.8. The first kappa shape index (κ1) is 18.6. The van der Waals surface area contributed by atoms with Crippen LogP contribution in [0.3, 0.4) is 0 Å². The summed E-state index contributed by atoms with van der Waals surface area (Å²) in [5.74, 6) is -0.189. The minimum atomic E-state index is -0.305. The fraction of sp³-hybridized carbons (Fsp3) is 0.368. The minimum absolute atomic E-state index is 0.0289. The van der Waals surface area contributed by atoms with Gasteiger partial charge >= 0.3 is 6.03 Å². The number of carbonyl (C=O) groups excluding carboxylic acids is 2. The van der Waals surface area contributed by atoms with Gasteiger partial charge in [-0.2, -0.15) is 0 Å². The molecule has 134 valence electrons. The highest BCUT2D eigenvalue weighted by atomic mass is 16.2. The lowest BCUT2D eigenvalue weighted by molar-refractivity contribution is 0.102. The molecular weight excluding hydrogens is 316 g/mol. The third-order valence-electron chi connectivity index (χ3n) is 3.98. The molecule has 1 aromatic carbocycles. The second kappa shape index (κ2) is 7.88. The lowest BCUT2D eigenvalue weighted by Crippen LogP contribution is -2.34. The first-order valence-corrected chi connectivity index (χ1v) is 8.48. The quantitative estimate of drug-likeness (QED) is 0.771. The van der Waals surface area contributed by atoms with Crippen LogP contribution in [0.4, 0.5) is 16.2 Å². The van der Waals surface area contributed by atoms with E-state index in [9.17, 15) is 9.59 Å². The number of aromatic nitrogens is 1. The van der Waals surface area contributed by atoms with E-state index in [-0.39, 0.29) is 18.0 Å². The Morgan fingerprint density at radius 3 is 2.20 bits per heavy atom. The van der Waals surface area contributed by atoms with Crippen molar-refractivity contribution in [3.8, 4) is 0 Å². The Morgan fingerprint density at radius 1 is 1.08 bits per heavy atom. The number of nitrogens with zero attached hydrogens (tertiary/aromatic N) is 1. The molecule has 1 aromatic heterocycles. The van der Waals surface area contributed by atoms with Crippen molar-refractivity contribution in [1.29, 1.82) is 0 Å². The third-order valence-corrected chi connectivity index (χ3v) is 3.98. The van der Waals surface area contributed by atoms with E-state index in [1.54, 1.807) is 12.1 Å². The summed E-state index contributed by atoms with van der Waals surface area (Å²) in [6.07, 6.45) is 0. The fourth-order valence-corrected chi connectivity index (χ4v) is 2.83. The molecule has 2 rings (SSSR count). The maximum Gasteiger partial charge on any atom is 0.319 e. The van der Waals surface area contributed by atoms with Crippen LogP contribution >= 0.6 is 0 Å². The zero-order valence-corrected chi connectivity index (χ0v) is 15.4. The van der Waals surface area contributed by atoms with Crippen molar-refractivity contribution < 1.29 is 9.59 Å². The van der Waals surface area contributed by atoms with Crippen molar-refractivity contribution in [2.24, 2.45) is 0 Å². The zero-order chi connectivity index (χ0) is 18.6. The number of urea groups is 1. The molecule has 6 heteroatoms. The fourth-order valence-electron chi connectivity index (χ4n) is 2.83. The molecule has 1 heterocycles. The van der Waals surface area contributed by atoms with E-state index < -0.39 is 0 Å². The van der Waals surface area contributed by atoms with Gasteiger partial charge in [-0.25, -0.2) is 4.79 Å². The van der Waals surface area contributed by atoms with Crippen LogP contribution in [0.25, 0.3) is 0 Å². The first-order valence-electron chi connectivity index (χ1n) is 8.48. The lowest BCUT2D eigenvalue weighted by atomic mass is 10.2. The van der Waals surface area contributed by atoms with Crippen LogP contribution in [-0.4, -0.2) is 22.5 Å². The predicted molar refractivity (Wildman–Crippen MR) is 101 cm³/mol. The van der Waals surface area contributed by atoms with Crippen LogP contribution in [0.15, 0.2) is 30.3 Å². The minimum Gasteiger partial charge on any atom is -0.349 e. The molecule has 2 aromatic rings. The Bertz CT molecular complexity index is 778. The van der Waals surface area contributed by atoms with Gasteiger partial charge in [-0.3, -0.25) is 4.79 Å². The Balaban J connectivity index is 2.20. The molecule has 3 amide bonds. The highest BCUT2D eigenvalue weighted by Gasteiger charge is 2.16. The number of carbonyl (C=O) groups is 2. The van der Waals surface area contributed by atoms with Crippen molar-refractivity contribution >= 4 is 23.3 Å². The third kappa shape index (κ3) is 4.41. The standard InChI is InChI=1S/C19H26N4O2/c1-6-23-13(4)11-15(14(23)5)18(24)21-16-9-7-8-10-17(16)22-19(25)20-12(2)3/h7-12H,6H2,1-5H3,(H,21,24)(H2,20,22,25). The Labute approximate surface area is 148 Å². The summed E-state index contributed by atoms with van der Waals surface area (Å²) in [5.41, 5.74) is 3.74. The van der Waals surface area contributed by atoms with Crippen LogP contribution < -0.4 is 16.0 Å². The molecule has 0 spiro atoms. The van der Waals surface area contributed by atoms with E-state index in [1.165, 1.54) is 0 Å². The van der Waals surface area contributed by atoms with Gasteiger partial charge in [-0.1, -0.05) is 12.1 Å². The van der Waals surface area contributed by atoms with Crippen LogP contribution in [0.5, 0.6) is 0 Å². The van der Waals surface area contributed by atoms with E-state index in [0.717, 1.165) is 17.9 Å². The number of amides is 3. The lowest BCUT2D eigenvalue weighted by Gasteiger charge is -2.14. The molecule has 0 aliphatic carbocycles. The monoisotopic (exact) mass is 342 g/mol. The molecule has 0 aliphatic heterocycles.